The van der Waals surface area contributed by atoms with Crippen molar-refractivity contribution >= 4 is 34.1 Å². The van der Waals surface area contributed by atoms with Crippen LogP contribution in [0.1, 0.15) is 54.9 Å². The lowest BCUT2D eigenvalue weighted by Crippen LogP contribution is -2.39. The molecule has 2 N–H and O–H groups in total. The maximum Gasteiger partial charge on any atom is 0.229 e. The zero-order valence-corrected chi connectivity index (χ0v) is 14.2. The molecule has 0 unspecified atom stereocenters. The third-order valence-electron chi connectivity index (χ3n) is 4.33. The number of rotatable bonds is 4. The Morgan fingerprint density at radius 2 is 1.91 bits per heavy atom. The fourth-order valence-corrected chi connectivity index (χ4v) is 3.79. The van der Waals surface area contributed by atoms with Gasteiger partial charge in [-0.25, -0.2) is 4.98 Å². The minimum absolute atomic E-state index is 0.0103. The molecular weight excluding hydrogens is 314 g/mol. The molecule has 1 fully saturated rings. The average Bonchev–Trinajstić information content (AvgIpc) is 2.78. The van der Waals surface area contributed by atoms with Gasteiger partial charge < -0.3 is 10.6 Å². The molecule has 3 rings (SSSR count). The number of hydrogen-bond acceptors (Lipinski definition) is 5. The van der Waals surface area contributed by atoms with E-state index in [0.717, 1.165) is 19.3 Å². The molecule has 6 nitrogen and oxygen atoms in total. The van der Waals surface area contributed by atoms with E-state index in [-0.39, 0.29) is 41.9 Å². The predicted octanol–water partition coefficient (Wildman–Crippen LogP) is 2.15. The molecule has 0 saturated heterocycles. The smallest absolute Gasteiger partial charge is 0.229 e. The Kier molecular flexibility index (Phi) is 4.48. The quantitative estimate of drug-likeness (QED) is 0.882. The maximum absolute atomic E-state index is 12.3. The van der Waals surface area contributed by atoms with Crippen LogP contribution in [0.15, 0.2) is 0 Å². The van der Waals surface area contributed by atoms with Gasteiger partial charge >= 0.3 is 0 Å². The van der Waals surface area contributed by atoms with Crippen LogP contribution >= 0.6 is 11.3 Å². The molecule has 124 valence electrons. The minimum Gasteiger partial charge on any atom is -0.354 e. The first kappa shape index (κ1) is 16.1. The fourth-order valence-electron chi connectivity index (χ4n) is 2.85. The number of fused-ring (bicyclic) bond motifs is 1. The SMILES string of the molecule is CC(C)NC(=O)[C@@H]1CC(=O)c2sc(NC(=O)C3CCC3)nc2C1. The average molecular weight is 335 g/mol. The maximum atomic E-state index is 12.3. The fraction of sp³-hybridized carbons (Fsp3) is 0.625. The van der Waals surface area contributed by atoms with Crippen molar-refractivity contribution in [2.75, 3.05) is 5.32 Å². The van der Waals surface area contributed by atoms with Gasteiger partial charge in [0.15, 0.2) is 10.9 Å². The second-order valence-electron chi connectivity index (χ2n) is 6.60. The molecule has 2 amide bonds. The summed E-state index contributed by atoms with van der Waals surface area (Å²) in [7, 11) is 0. The third kappa shape index (κ3) is 3.44. The van der Waals surface area contributed by atoms with E-state index in [4.69, 9.17) is 0 Å². The predicted molar refractivity (Wildman–Crippen MR) is 87.5 cm³/mol. The standard InChI is InChI=1S/C16H21N3O3S/c1-8(2)17-15(22)10-6-11-13(12(20)7-10)23-16(18-11)19-14(21)9-4-3-5-9/h8-10H,3-7H2,1-2H3,(H,17,22)(H,18,19,21)/t10-/m0/s1. The summed E-state index contributed by atoms with van der Waals surface area (Å²) in [5, 5.41) is 6.14. The van der Waals surface area contributed by atoms with Gasteiger partial charge in [0.05, 0.1) is 16.5 Å². The second kappa shape index (κ2) is 6.39. The first-order valence-electron chi connectivity index (χ1n) is 8.08. The van der Waals surface area contributed by atoms with Crippen molar-refractivity contribution in [2.24, 2.45) is 11.8 Å². The molecule has 1 heterocycles. The summed E-state index contributed by atoms with van der Waals surface area (Å²) < 4.78 is 0. The van der Waals surface area contributed by atoms with Gasteiger partial charge in [0, 0.05) is 24.8 Å². The van der Waals surface area contributed by atoms with E-state index in [9.17, 15) is 14.4 Å². The summed E-state index contributed by atoms with van der Waals surface area (Å²) in [4.78, 5) is 41.3. The number of carbonyl (C=O) groups is 3. The van der Waals surface area contributed by atoms with Gasteiger partial charge in [0.25, 0.3) is 0 Å². The zero-order chi connectivity index (χ0) is 16.6. The van der Waals surface area contributed by atoms with Crippen LogP contribution in [0, 0.1) is 11.8 Å². The van der Waals surface area contributed by atoms with E-state index in [2.05, 4.69) is 15.6 Å². The highest BCUT2D eigenvalue weighted by Crippen LogP contribution is 2.34. The number of thiazole rings is 1. The molecule has 0 spiro atoms. The molecule has 23 heavy (non-hydrogen) atoms. The first-order chi connectivity index (χ1) is 10.9. The highest BCUT2D eigenvalue weighted by molar-refractivity contribution is 7.17. The van der Waals surface area contributed by atoms with Crippen LogP contribution in [0.3, 0.4) is 0 Å². The van der Waals surface area contributed by atoms with Crippen molar-refractivity contribution in [1.82, 2.24) is 10.3 Å². The summed E-state index contributed by atoms with van der Waals surface area (Å²) in [5.74, 6) is -0.460. The molecule has 1 saturated carbocycles. The Morgan fingerprint density at radius 3 is 2.52 bits per heavy atom. The van der Waals surface area contributed by atoms with E-state index in [0.29, 0.717) is 22.1 Å². The Bertz CT molecular complexity index is 649. The highest BCUT2D eigenvalue weighted by Gasteiger charge is 2.34. The summed E-state index contributed by atoms with van der Waals surface area (Å²) in [6.07, 6.45) is 3.61. The molecule has 0 radical (unpaired) electrons. The molecule has 0 aromatic carbocycles. The molecule has 0 bridgehead atoms. The van der Waals surface area contributed by atoms with Crippen molar-refractivity contribution in [1.29, 1.82) is 0 Å². The number of nitrogens with one attached hydrogen (secondary N) is 2. The molecule has 1 aromatic heterocycles. The Hall–Kier alpha value is -1.76. The number of amides is 2. The van der Waals surface area contributed by atoms with E-state index >= 15 is 0 Å². The summed E-state index contributed by atoms with van der Waals surface area (Å²) >= 11 is 1.23. The van der Waals surface area contributed by atoms with E-state index in [1.165, 1.54) is 11.3 Å². The number of Topliss-reactive ketones (excluding diaryl/α,β-unsaturated/α-hetero) is 1. The van der Waals surface area contributed by atoms with E-state index in [1.807, 2.05) is 13.8 Å². The van der Waals surface area contributed by atoms with E-state index in [1.54, 1.807) is 0 Å². The van der Waals surface area contributed by atoms with Crippen LogP contribution in [0.25, 0.3) is 0 Å². The molecule has 2 aliphatic rings. The topological polar surface area (TPSA) is 88.2 Å². The largest absolute Gasteiger partial charge is 0.354 e. The lowest BCUT2D eigenvalue weighted by atomic mass is 9.85. The number of ketones is 1. The second-order valence-corrected chi connectivity index (χ2v) is 7.60. The zero-order valence-electron chi connectivity index (χ0n) is 13.3. The highest BCUT2D eigenvalue weighted by atomic mass is 32.1. The van der Waals surface area contributed by atoms with Crippen LogP contribution in [-0.4, -0.2) is 28.6 Å². The summed E-state index contributed by atoms with van der Waals surface area (Å²) in [6, 6.07) is 0.0479. The van der Waals surface area contributed by atoms with Crippen molar-refractivity contribution in [2.45, 2.75) is 52.0 Å². The van der Waals surface area contributed by atoms with Crippen LogP contribution in [0.4, 0.5) is 5.13 Å². The lowest BCUT2D eigenvalue weighted by molar-refractivity contribution is -0.125. The van der Waals surface area contributed by atoms with Crippen LogP contribution < -0.4 is 10.6 Å². The Labute approximate surface area is 139 Å². The molecule has 2 aliphatic carbocycles. The van der Waals surface area contributed by atoms with Gasteiger partial charge in [-0.1, -0.05) is 17.8 Å². The lowest BCUT2D eigenvalue weighted by Gasteiger charge is -2.23. The van der Waals surface area contributed by atoms with Crippen molar-refractivity contribution in [3.8, 4) is 0 Å². The first-order valence-corrected chi connectivity index (χ1v) is 8.90. The van der Waals surface area contributed by atoms with Crippen molar-refractivity contribution < 1.29 is 14.4 Å². The number of hydrogen-bond donors (Lipinski definition) is 2. The molecule has 1 aromatic rings. The normalized spacial score (nSPS) is 20.8. The minimum atomic E-state index is -0.366. The van der Waals surface area contributed by atoms with Gasteiger partial charge in [-0.05, 0) is 26.7 Å². The van der Waals surface area contributed by atoms with Gasteiger partial charge in [-0.3, -0.25) is 14.4 Å². The molecular formula is C16H21N3O3S. The summed E-state index contributed by atoms with van der Waals surface area (Å²) in [5.41, 5.74) is 0.638. The van der Waals surface area contributed by atoms with Crippen LogP contribution in [0.5, 0.6) is 0 Å². The van der Waals surface area contributed by atoms with Crippen molar-refractivity contribution in [3.63, 3.8) is 0 Å². The number of aromatic nitrogens is 1. The summed E-state index contributed by atoms with van der Waals surface area (Å²) in [6.45, 7) is 3.79. The van der Waals surface area contributed by atoms with E-state index < -0.39 is 0 Å². The van der Waals surface area contributed by atoms with Gasteiger partial charge in [0.1, 0.15) is 0 Å². The molecule has 0 aliphatic heterocycles. The molecule has 7 heteroatoms. The van der Waals surface area contributed by atoms with Crippen molar-refractivity contribution in [3.05, 3.63) is 10.6 Å². The Balaban J connectivity index is 1.70. The number of carbonyl (C=O) groups excluding carboxylic acids is 3. The number of anilines is 1. The monoisotopic (exact) mass is 335 g/mol. The third-order valence-corrected chi connectivity index (χ3v) is 5.38. The van der Waals surface area contributed by atoms with Gasteiger partial charge in [-0.15, -0.1) is 0 Å². The van der Waals surface area contributed by atoms with Crippen LogP contribution in [0.2, 0.25) is 0 Å². The molecule has 1 atom stereocenters. The Morgan fingerprint density at radius 1 is 1.17 bits per heavy atom. The van der Waals surface area contributed by atoms with Gasteiger partial charge in [0.2, 0.25) is 11.8 Å². The van der Waals surface area contributed by atoms with Crippen LogP contribution in [-0.2, 0) is 16.0 Å². The van der Waals surface area contributed by atoms with Gasteiger partial charge in [-0.2, -0.15) is 0 Å². The number of nitrogens with zero attached hydrogens (tertiary/aromatic N) is 1.